The lowest BCUT2D eigenvalue weighted by molar-refractivity contribution is -0.129. The van der Waals surface area contributed by atoms with Crippen LogP contribution in [0.1, 0.15) is 32.6 Å². The quantitative estimate of drug-likeness (QED) is 0.501. The van der Waals surface area contributed by atoms with Crippen LogP contribution in [-0.4, -0.2) is 32.7 Å². The van der Waals surface area contributed by atoms with E-state index in [-0.39, 0.29) is 0 Å². The maximum atomic E-state index is 12.3. The molecule has 0 radical (unpaired) electrons. The lowest BCUT2D eigenvalue weighted by Gasteiger charge is -2.48. The van der Waals surface area contributed by atoms with E-state index in [1.54, 1.807) is 0 Å². The molecule has 1 saturated carbocycles. The highest BCUT2D eigenvalue weighted by Crippen LogP contribution is 2.61. The maximum absolute atomic E-state index is 12.3. The number of halogens is 1. The molecule has 3 heterocycles. The minimum absolute atomic E-state index is 0.311. The molecule has 0 aromatic carbocycles. The normalized spacial score (nSPS) is 62.8. The van der Waals surface area contributed by atoms with Crippen molar-refractivity contribution in [2.75, 3.05) is 6.54 Å². The zero-order valence-corrected chi connectivity index (χ0v) is 11.8. The number of fused-ring (bicyclic) bond motifs is 2. The van der Waals surface area contributed by atoms with Gasteiger partial charge in [-0.3, -0.25) is 9.69 Å². The Kier molecular flexibility index (Phi) is 1.95. The fourth-order valence-corrected chi connectivity index (χ4v) is 6.89. The molecule has 0 amide bonds. The first-order chi connectivity index (χ1) is 7.59. The average molecular weight is 331 g/mol. The van der Waals surface area contributed by atoms with Crippen molar-refractivity contribution < 1.29 is 4.79 Å². The standard InChI is InChI=1S/C13H18INO/c1-7-2-9-12-10(16)4-8-5-13(9,14)11(3-7)15(12)6-8/h7-9,11-12H,2-6H2,1H3/t7-,8-,9+,11+,12-,13+/m1/s1. The van der Waals surface area contributed by atoms with E-state index in [0.29, 0.717) is 33.1 Å². The first kappa shape index (κ1) is 10.3. The van der Waals surface area contributed by atoms with E-state index in [1.807, 2.05) is 0 Å². The Morgan fingerprint density at radius 3 is 3.06 bits per heavy atom. The smallest absolute Gasteiger partial charge is 0.150 e. The van der Waals surface area contributed by atoms with Gasteiger partial charge >= 0.3 is 0 Å². The summed E-state index contributed by atoms with van der Waals surface area (Å²) in [4.78, 5) is 14.9. The van der Waals surface area contributed by atoms with E-state index in [1.165, 1.54) is 25.8 Å². The number of carbonyl (C=O) groups is 1. The Labute approximate surface area is 110 Å². The van der Waals surface area contributed by atoms with E-state index < -0.39 is 0 Å². The summed E-state index contributed by atoms with van der Waals surface area (Å²) in [5, 5.41) is 0. The zero-order valence-electron chi connectivity index (χ0n) is 9.66. The van der Waals surface area contributed by atoms with Crippen molar-refractivity contribution in [3.63, 3.8) is 0 Å². The minimum atomic E-state index is 0.311. The van der Waals surface area contributed by atoms with Gasteiger partial charge in [0.1, 0.15) is 0 Å². The van der Waals surface area contributed by atoms with Gasteiger partial charge in [-0.15, -0.1) is 0 Å². The van der Waals surface area contributed by atoms with Gasteiger partial charge in [-0.2, -0.15) is 0 Å². The number of rotatable bonds is 0. The molecule has 1 aliphatic carbocycles. The molecule has 2 nitrogen and oxygen atoms in total. The van der Waals surface area contributed by atoms with E-state index in [2.05, 4.69) is 34.4 Å². The second-order valence-corrected chi connectivity index (χ2v) is 8.52. The van der Waals surface area contributed by atoms with Crippen molar-refractivity contribution in [1.82, 2.24) is 4.90 Å². The molecule has 88 valence electrons. The van der Waals surface area contributed by atoms with E-state index in [9.17, 15) is 4.79 Å². The van der Waals surface area contributed by atoms with Crippen LogP contribution < -0.4 is 0 Å². The van der Waals surface area contributed by atoms with Gasteiger partial charge in [0.05, 0.1) is 6.04 Å². The zero-order chi connectivity index (χ0) is 11.1. The van der Waals surface area contributed by atoms with Crippen LogP contribution in [0.2, 0.25) is 0 Å². The third-order valence-corrected chi connectivity index (χ3v) is 7.44. The molecule has 4 aliphatic rings. The number of Topliss-reactive ketones (excluding diaryl/α,β-unsaturated/α-hetero) is 1. The number of hydrogen-bond acceptors (Lipinski definition) is 2. The summed E-state index contributed by atoms with van der Waals surface area (Å²) in [5.74, 6) is 2.74. The van der Waals surface area contributed by atoms with Crippen LogP contribution in [0.4, 0.5) is 0 Å². The summed E-state index contributed by atoms with van der Waals surface area (Å²) in [5.41, 5.74) is 0. The molecule has 3 aliphatic heterocycles. The Hall–Kier alpha value is 0.360. The summed E-state index contributed by atoms with van der Waals surface area (Å²) < 4.78 is 0.448. The van der Waals surface area contributed by atoms with Gasteiger partial charge in [-0.1, -0.05) is 29.5 Å². The molecule has 5 bridgehead atoms. The molecule has 4 rings (SSSR count). The van der Waals surface area contributed by atoms with Crippen molar-refractivity contribution in [3.8, 4) is 0 Å². The van der Waals surface area contributed by atoms with Crippen LogP contribution in [0.15, 0.2) is 0 Å². The Morgan fingerprint density at radius 1 is 1.44 bits per heavy atom. The second-order valence-electron chi connectivity index (χ2n) is 6.51. The molecule has 7 atom stereocenters. The molecule has 16 heavy (non-hydrogen) atoms. The second kappa shape index (κ2) is 3.02. The summed E-state index contributed by atoms with van der Waals surface area (Å²) in [7, 11) is 0. The number of nitrogens with zero attached hydrogens (tertiary/aromatic N) is 1. The van der Waals surface area contributed by atoms with Crippen LogP contribution >= 0.6 is 22.6 Å². The number of carbonyl (C=O) groups excluding carboxylic acids is 1. The summed E-state index contributed by atoms with van der Waals surface area (Å²) >= 11 is 2.73. The number of hydrogen-bond donors (Lipinski definition) is 0. The van der Waals surface area contributed by atoms with Gasteiger partial charge in [-0.25, -0.2) is 0 Å². The van der Waals surface area contributed by atoms with E-state index in [0.717, 1.165) is 12.3 Å². The largest absolute Gasteiger partial charge is 0.298 e. The lowest BCUT2D eigenvalue weighted by atomic mass is 9.70. The van der Waals surface area contributed by atoms with Gasteiger partial charge in [0.15, 0.2) is 5.78 Å². The molecule has 3 saturated heterocycles. The SMILES string of the molecule is C[C@H]1C[C@@H]2N3C[C@@H]4CC(=O)[C@H]3[C@H](C1)[C@@]2(I)C4. The third-order valence-electron chi connectivity index (χ3n) is 5.48. The minimum Gasteiger partial charge on any atom is -0.298 e. The van der Waals surface area contributed by atoms with Crippen LogP contribution in [-0.2, 0) is 4.79 Å². The molecule has 0 aromatic rings. The van der Waals surface area contributed by atoms with Crippen molar-refractivity contribution in [3.05, 3.63) is 0 Å². The topological polar surface area (TPSA) is 20.3 Å². The van der Waals surface area contributed by atoms with Crippen molar-refractivity contribution in [2.24, 2.45) is 17.8 Å². The molecule has 3 heteroatoms. The number of alkyl halides is 1. The van der Waals surface area contributed by atoms with Gasteiger partial charge in [0, 0.05) is 22.4 Å². The van der Waals surface area contributed by atoms with Crippen molar-refractivity contribution in [2.45, 2.75) is 48.1 Å². The van der Waals surface area contributed by atoms with Gasteiger partial charge in [-0.05, 0) is 37.0 Å². The van der Waals surface area contributed by atoms with Crippen LogP contribution in [0.5, 0.6) is 0 Å². The summed E-state index contributed by atoms with van der Waals surface area (Å²) in [6.45, 7) is 3.59. The average Bonchev–Trinajstić information content (AvgIpc) is 2.37. The molecule has 4 fully saturated rings. The van der Waals surface area contributed by atoms with Crippen LogP contribution in [0, 0.1) is 17.8 Å². The van der Waals surface area contributed by atoms with Gasteiger partial charge in [0.25, 0.3) is 0 Å². The van der Waals surface area contributed by atoms with Crippen LogP contribution in [0.25, 0.3) is 0 Å². The number of piperidine rings is 2. The van der Waals surface area contributed by atoms with Gasteiger partial charge in [0.2, 0.25) is 0 Å². The highest BCUT2D eigenvalue weighted by atomic mass is 127. The van der Waals surface area contributed by atoms with Crippen molar-refractivity contribution in [1.29, 1.82) is 0 Å². The molecule has 0 aromatic heterocycles. The monoisotopic (exact) mass is 331 g/mol. The highest BCUT2D eigenvalue weighted by molar-refractivity contribution is 14.1. The van der Waals surface area contributed by atoms with E-state index in [4.69, 9.17) is 0 Å². The fourth-order valence-electron chi connectivity index (χ4n) is 5.06. The van der Waals surface area contributed by atoms with Crippen molar-refractivity contribution >= 4 is 28.4 Å². The molecule has 1 unspecified atom stereocenters. The molecular weight excluding hydrogens is 313 g/mol. The number of ketones is 1. The molecule has 0 spiro atoms. The predicted molar refractivity (Wildman–Crippen MR) is 70.7 cm³/mol. The van der Waals surface area contributed by atoms with E-state index >= 15 is 0 Å². The Morgan fingerprint density at radius 2 is 2.25 bits per heavy atom. The molecule has 0 N–H and O–H groups in total. The van der Waals surface area contributed by atoms with Gasteiger partial charge < -0.3 is 0 Å². The highest BCUT2D eigenvalue weighted by Gasteiger charge is 2.67. The first-order valence-electron chi connectivity index (χ1n) is 6.57. The first-order valence-corrected chi connectivity index (χ1v) is 7.65. The summed E-state index contributed by atoms with van der Waals surface area (Å²) in [6.07, 6.45) is 4.81. The lowest BCUT2D eigenvalue weighted by Crippen LogP contribution is -2.55. The predicted octanol–water partition coefficient (Wildman–Crippen LogP) is 2.25. The Bertz CT molecular complexity index is 371. The maximum Gasteiger partial charge on any atom is 0.150 e. The summed E-state index contributed by atoms with van der Waals surface area (Å²) in [6, 6.07) is 1.03. The Balaban J connectivity index is 1.86. The fraction of sp³-hybridized carbons (Fsp3) is 0.923. The van der Waals surface area contributed by atoms with Crippen LogP contribution in [0.3, 0.4) is 0 Å². The molecular formula is C13H18INO. The third kappa shape index (κ3) is 1.05.